The first-order valence-corrected chi connectivity index (χ1v) is 8.31. The number of hydrogen-bond donors (Lipinski definition) is 0. The third-order valence-corrected chi connectivity index (χ3v) is 4.32. The van der Waals surface area contributed by atoms with Gasteiger partial charge in [0, 0.05) is 19.2 Å². The van der Waals surface area contributed by atoms with Crippen molar-refractivity contribution in [2.75, 3.05) is 6.54 Å². The Labute approximate surface area is 153 Å². The number of rotatable bonds is 4. The van der Waals surface area contributed by atoms with E-state index in [1.807, 2.05) is 6.07 Å². The van der Waals surface area contributed by atoms with Gasteiger partial charge in [-0.3, -0.25) is 4.79 Å². The van der Waals surface area contributed by atoms with Crippen LogP contribution in [0, 0.1) is 0 Å². The Bertz CT molecular complexity index is 884. The summed E-state index contributed by atoms with van der Waals surface area (Å²) in [5, 5.41) is 0. The molecule has 0 aliphatic carbocycles. The average molecular weight is 375 g/mol. The SMILES string of the molecule is O=C=CCC(=O)N1CCc2ccc(Oc3ccc(C(F)(F)F)cc3)cc2C1. The first kappa shape index (κ1) is 18.7. The lowest BCUT2D eigenvalue weighted by atomic mass is 9.99. The smallest absolute Gasteiger partial charge is 0.416 e. The number of halogens is 3. The maximum absolute atomic E-state index is 12.6. The summed E-state index contributed by atoms with van der Waals surface area (Å²) < 4.78 is 43.5. The van der Waals surface area contributed by atoms with E-state index in [1.165, 1.54) is 12.1 Å². The Morgan fingerprint density at radius 2 is 1.81 bits per heavy atom. The summed E-state index contributed by atoms with van der Waals surface area (Å²) in [6.45, 7) is 0.961. The maximum atomic E-state index is 12.6. The zero-order valence-electron chi connectivity index (χ0n) is 14.3. The van der Waals surface area contributed by atoms with Gasteiger partial charge < -0.3 is 9.64 Å². The van der Waals surface area contributed by atoms with E-state index in [0.717, 1.165) is 29.3 Å². The minimum absolute atomic E-state index is 0.0145. The molecule has 2 aromatic rings. The molecule has 140 valence electrons. The van der Waals surface area contributed by atoms with E-state index in [4.69, 9.17) is 4.74 Å². The molecule has 4 nitrogen and oxygen atoms in total. The first-order valence-electron chi connectivity index (χ1n) is 8.31. The number of alkyl halides is 3. The first-order chi connectivity index (χ1) is 12.9. The third-order valence-electron chi connectivity index (χ3n) is 4.32. The normalized spacial score (nSPS) is 13.5. The van der Waals surface area contributed by atoms with Crippen LogP contribution < -0.4 is 4.74 Å². The number of benzene rings is 2. The van der Waals surface area contributed by atoms with Crippen LogP contribution in [0.1, 0.15) is 23.1 Å². The molecular formula is C20H16F3NO3. The monoisotopic (exact) mass is 375 g/mol. The second-order valence-corrected chi connectivity index (χ2v) is 6.15. The number of amides is 1. The summed E-state index contributed by atoms with van der Waals surface area (Å²) in [6.07, 6.45) is -2.53. The molecule has 1 heterocycles. The number of carbonyl (C=O) groups is 1. The fourth-order valence-corrected chi connectivity index (χ4v) is 2.92. The van der Waals surface area contributed by atoms with Gasteiger partial charge in [-0.15, -0.1) is 0 Å². The highest BCUT2D eigenvalue weighted by Crippen LogP contribution is 2.32. The average Bonchev–Trinajstić information content (AvgIpc) is 2.65. The van der Waals surface area contributed by atoms with Crippen molar-refractivity contribution < 1.29 is 27.5 Å². The topological polar surface area (TPSA) is 46.6 Å². The number of fused-ring (bicyclic) bond motifs is 1. The van der Waals surface area contributed by atoms with E-state index >= 15 is 0 Å². The van der Waals surface area contributed by atoms with Crippen molar-refractivity contribution in [3.63, 3.8) is 0 Å². The molecule has 7 heteroatoms. The number of ether oxygens (including phenoxy) is 1. The second kappa shape index (κ2) is 7.68. The molecule has 0 radical (unpaired) electrons. The van der Waals surface area contributed by atoms with Crippen LogP contribution >= 0.6 is 0 Å². The van der Waals surface area contributed by atoms with Gasteiger partial charge in [-0.1, -0.05) is 6.07 Å². The van der Waals surface area contributed by atoms with E-state index in [0.29, 0.717) is 31.0 Å². The fraction of sp³-hybridized carbons (Fsp3) is 0.250. The van der Waals surface area contributed by atoms with Crippen LogP contribution in [-0.2, 0) is 28.7 Å². The lowest BCUT2D eigenvalue weighted by molar-refractivity contribution is -0.137. The number of carbonyl (C=O) groups excluding carboxylic acids is 2. The number of hydrogen-bond acceptors (Lipinski definition) is 3. The highest BCUT2D eigenvalue weighted by atomic mass is 19.4. The second-order valence-electron chi connectivity index (χ2n) is 6.15. The standard InChI is InChI=1S/C20H16F3NO3/c21-20(22,23)16-4-7-17(8-5-16)27-18-6-3-14-9-10-24(13-15(14)12-18)19(26)2-1-11-25/h1,3-8,12H,2,9-10,13H2. The molecular weight excluding hydrogens is 359 g/mol. The summed E-state index contributed by atoms with van der Waals surface area (Å²) in [7, 11) is 0. The van der Waals surface area contributed by atoms with Crippen LogP contribution in [0.15, 0.2) is 48.5 Å². The van der Waals surface area contributed by atoms with Crippen LogP contribution in [0.3, 0.4) is 0 Å². The molecule has 0 unspecified atom stereocenters. The Kier molecular flexibility index (Phi) is 5.33. The van der Waals surface area contributed by atoms with Gasteiger partial charge in [-0.2, -0.15) is 13.2 Å². The molecule has 2 aromatic carbocycles. The number of nitrogens with zero attached hydrogens (tertiary/aromatic N) is 1. The molecule has 0 saturated heterocycles. The maximum Gasteiger partial charge on any atom is 0.416 e. The molecule has 27 heavy (non-hydrogen) atoms. The van der Waals surface area contributed by atoms with Crippen LogP contribution in [0.4, 0.5) is 13.2 Å². The summed E-state index contributed by atoms with van der Waals surface area (Å²) in [5.74, 6) is 2.22. The van der Waals surface area contributed by atoms with Gasteiger partial charge in [0.25, 0.3) is 0 Å². The zero-order chi connectivity index (χ0) is 19.4. The van der Waals surface area contributed by atoms with E-state index in [-0.39, 0.29) is 12.3 Å². The summed E-state index contributed by atoms with van der Waals surface area (Å²) in [4.78, 5) is 24.0. The van der Waals surface area contributed by atoms with Crippen molar-refractivity contribution in [2.45, 2.75) is 25.6 Å². The van der Waals surface area contributed by atoms with Gasteiger partial charge in [0.05, 0.1) is 12.0 Å². The van der Waals surface area contributed by atoms with Crippen molar-refractivity contribution in [2.24, 2.45) is 0 Å². The van der Waals surface area contributed by atoms with Crippen LogP contribution in [0.5, 0.6) is 11.5 Å². The van der Waals surface area contributed by atoms with Gasteiger partial charge in [-0.05, 0) is 53.9 Å². The third kappa shape index (κ3) is 4.57. The summed E-state index contributed by atoms with van der Waals surface area (Å²) >= 11 is 0. The Morgan fingerprint density at radius 3 is 2.48 bits per heavy atom. The fourth-order valence-electron chi connectivity index (χ4n) is 2.92. The Balaban J connectivity index is 1.72. The molecule has 3 rings (SSSR count). The molecule has 0 aromatic heterocycles. The van der Waals surface area contributed by atoms with Gasteiger partial charge in [0.15, 0.2) is 0 Å². The molecule has 1 aliphatic heterocycles. The van der Waals surface area contributed by atoms with Gasteiger partial charge in [0.2, 0.25) is 5.91 Å². The molecule has 0 bridgehead atoms. The lowest BCUT2D eigenvalue weighted by Crippen LogP contribution is -2.35. The van der Waals surface area contributed by atoms with Crippen molar-refractivity contribution in [3.05, 3.63) is 65.2 Å². The van der Waals surface area contributed by atoms with Crippen molar-refractivity contribution in [1.82, 2.24) is 4.90 Å². The van der Waals surface area contributed by atoms with Crippen molar-refractivity contribution in [1.29, 1.82) is 0 Å². The van der Waals surface area contributed by atoms with E-state index in [2.05, 4.69) is 0 Å². The lowest BCUT2D eigenvalue weighted by Gasteiger charge is -2.29. The Morgan fingerprint density at radius 1 is 1.11 bits per heavy atom. The van der Waals surface area contributed by atoms with E-state index in [1.54, 1.807) is 23.0 Å². The van der Waals surface area contributed by atoms with Crippen LogP contribution in [0.25, 0.3) is 0 Å². The molecule has 1 amide bonds. The minimum Gasteiger partial charge on any atom is -0.457 e. The molecule has 0 spiro atoms. The quantitative estimate of drug-likeness (QED) is 0.754. The van der Waals surface area contributed by atoms with Gasteiger partial charge in [-0.25, -0.2) is 4.79 Å². The highest BCUT2D eigenvalue weighted by Gasteiger charge is 2.30. The minimum atomic E-state index is -4.39. The summed E-state index contributed by atoms with van der Waals surface area (Å²) in [5.41, 5.74) is 1.26. The molecule has 0 N–H and O–H groups in total. The van der Waals surface area contributed by atoms with Crippen molar-refractivity contribution >= 4 is 11.8 Å². The molecule has 0 atom stereocenters. The Hall–Kier alpha value is -3.05. The summed E-state index contributed by atoms with van der Waals surface area (Å²) in [6, 6.07) is 9.89. The largest absolute Gasteiger partial charge is 0.457 e. The van der Waals surface area contributed by atoms with Gasteiger partial charge >= 0.3 is 6.18 Å². The predicted molar refractivity (Wildman–Crippen MR) is 92.0 cm³/mol. The zero-order valence-corrected chi connectivity index (χ0v) is 14.3. The van der Waals surface area contributed by atoms with Gasteiger partial charge in [0.1, 0.15) is 17.4 Å². The van der Waals surface area contributed by atoms with Crippen molar-refractivity contribution in [3.8, 4) is 11.5 Å². The predicted octanol–water partition coefficient (Wildman–Crippen LogP) is 4.16. The van der Waals surface area contributed by atoms with Crippen LogP contribution in [-0.4, -0.2) is 23.3 Å². The van der Waals surface area contributed by atoms with E-state index in [9.17, 15) is 22.8 Å². The molecule has 0 fully saturated rings. The molecule has 0 saturated carbocycles. The van der Waals surface area contributed by atoms with E-state index < -0.39 is 11.7 Å². The highest BCUT2D eigenvalue weighted by molar-refractivity contribution is 5.79. The van der Waals surface area contributed by atoms with Crippen LogP contribution in [0.2, 0.25) is 0 Å². The molecule has 1 aliphatic rings.